The summed E-state index contributed by atoms with van der Waals surface area (Å²) in [6, 6.07) is 2.79. The third-order valence-corrected chi connectivity index (χ3v) is 3.56. The molecular weight excluding hydrogens is 291 g/mol. The number of carbonyl (C=O) groups excluding carboxylic acids is 2. The number of carbonyl (C=O) groups is 3. The van der Waals surface area contributed by atoms with Gasteiger partial charge in [-0.2, -0.15) is 0 Å². The smallest absolute Gasteiger partial charge is 0.326 e. The molecule has 0 radical (unpaired) electrons. The summed E-state index contributed by atoms with van der Waals surface area (Å²) >= 11 is 0. The number of nitrogens with one attached hydrogen (secondary N) is 2. The molecule has 0 fully saturated rings. The number of anilines is 1. The number of hydrogen-bond acceptors (Lipinski definition) is 3. The average molecular weight is 308 g/mol. The van der Waals surface area contributed by atoms with E-state index >= 15 is 0 Å². The Morgan fingerprint density at radius 3 is 2.86 bits per heavy atom. The van der Waals surface area contributed by atoms with Crippen molar-refractivity contribution in [1.82, 2.24) is 5.32 Å². The van der Waals surface area contributed by atoms with E-state index in [1.165, 1.54) is 12.1 Å². The normalized spacial score (nSPS) is 18.1. The average Bonchev–Trinajstić information content (AvgIpc) is 2.45. The Morgan fingerprint density at radius 2 is 2.23 bits per heavy atom. The number of carboxylic acids is 1. The zero-order valence-corrected chi connectivity index (χ0v) is 12.1. The van der Waals surface area contributed by atoms with Crippen molar-refractivity contribution in [2.24, 2.45) is 0 Å². The molecule has 1 heterocycles. The molecule has 1 aromatic rings. The van der Waals surface area contributed by atoms with E-state index in [9.17, 15) is 18.8 Å². The Hall–Kier alpha value is -2.44. The molecule has 0 aliphatic carbocycles. The van der Waals surface area contributed by atoms with Gasteiger partial charge in [0.1, 0.15) is 11.9 Å². The number of fused-ring (bicyclic) bond motifs is 1. The van der Waals surface area contributed by atoms with Crippen LogP contribution in [-0.4, -0.2) is 28.9 Å². The van der Waals surface area contributed by atoms with Gasteiger partial charge in [-0.25, -0.2) is 9.18 Å². The lowest BCUT2D eigenvalue weighted by molar-refractivity contribution is -0.142. The van der Waals surface area contributed by atoms with Gasteiger partial charge in [0, 0.05) is 12.1 Å². The van der Waals surface area contributed by atoms with Gasteiger partial charge in [-0.1, -0.05) is 19.4 Å². The van der Waals surface area contributed by atoms with Gasteiger partial charge in [-0.15, -0.1) is 0 Å². The minimum absolute atomic E-state index is 0.0943. The molecule has 0 spiro atoms. The van der Waals surface area contributed by atoms with Crippen molar-refractivity contribution in [1.29, 1.82) is 0 Å². The van der Waals surface area contributed by atoms with Gasteiger partial charge < -0.3 is 15.7 Å². The van der Waals surface area contributed by atoms with E-state index in [1.807, 2.05) is 6.92 Å². The molecule has 2 rings (SSSR count). The molecule has 0 aromatic heterocycles. The maximum Gasteiger partial charge on any atom is 0.326 e. The number of rotatable bonds is 5. The Kier molecular flexibility index (Phi) is 4.75. The SMILES string of the molecule is CCCC(NC(=O)C1CC(=O)Nc2cc(F)ccc21)C(=O)O. The minimum atomic E-state index is -1.12. The highest BCUT2D eigenvalue weighted by molar-refractivity contribution is 6.01. The van der Waals surface area contributed by atoms with Crippen molar-refractivity contribution in [3.8, 4) is 0 Å². The topological polar surface area (TPSA) is 95.5 Å². The van der Waals surface area contributed by atoms with Crippen LogP contribution >= 0.6 is 0 Å². The third kappa shape index (κ3) is 3.41. The molecule has 1 aliphatic heterocycles. The summed E-state index contributed by atoms with van der Waals surface area (Å²) < 4.78 is 13.2. The molecule has 2 unspecified atom stereocenters. The summed E-state index contributed by atoms with van der Waals surface area (Å²) in [5.74, 6) is -3.39. The minimum Gasteiger partial charge on any atom is -0.480 e. The number of aliphatic carboxylic acids is 1. The zero-order valence-electron chi connectivity index (χ0n) is 12.1. The van der Waals surface area contributed by atoms with Crippen LogP contribution in [0.2, 0.25) is 0 Å². The van der Waals surface area contributed by atoms with Crippen molar-refractivity contribution in [3.63, 3.8) is 0 Å². The monoisotopic (exact) mass is 308 g/mol. The van der Waals surface area contributed by atoms with Crippen LogP contribution in [-0.2, 0) is 14.4 Å². The maximum absolute atomic E-state index is 13.2. The summed E-state index contributed by atoms with van der Waals surface area (Å²) in [7, 11) is 0. The Bertz CT molecular complexity index is 618. The first kappa shape index (κ1) is 15.9. The van der Waals surface area contributed by atoms with Gasteiger partial charge in [0.05, 0.1) is 5.92 Å². The molecule has 0 saturated carbocycles. The summed E-state index contributed by atoms with van der Waals surface area (Å²) in [6.45, 7) is 1.81. The second-order valence-corrected chi connectivity index (χ2v) is 5.22. The fourth-order valence-corrected chi connectivity index (χ4v) is 2.49. The Labute approximate surface area is 126 Å². The molecule has 0 saturated heterocycles. The van der Waals surface area contributed by atoms with Gasteiger partial charge in [0.2, 0.25) is 11.8 Å². The third-order valence-electron chi connectivity index (χ3n) is 3.56. The highest BCUT2D eigenvalue weighted by Gasteiger charge is 2.32. The van der Waals surface area contributed by atoms with Crippen LogP contribution in [0.5, 0.6) is 0 Å². The van der Waals surface area contributed by atoms with Crippen molar-refractivity contribution in [3.05, 3.63) is 29.6 Å². The summed E-state index contributed by atoms with van der Waals surface area (Å²) in [4.78, 5) is 35.1. The fraction of sp³-hybridized carbons (Fsp3) is 0.400. The first-order chi connectivity index (χ1) is 10.4. The number of carboxylic acid groups (broad SMARTS) is 1. The van der Waals surface area contributed by atoms with Crippen LogP contribution in [0.3, 0.4) is 0 Å². The summed E-state index contributed by atoms with van der Waals surface area (Å²) in [5, 5.41) is 14.1. The van der Waals surface area contributed by atoms with E-state index in [2.05, 4.69) is 10.6 Å². The summed E-state index contributed by atoms with van der Waals surface area (Å²) in [6.07, 6.45) is 0.809. The molecular formula is C15H17FN2O4. The number of amides is 2. The number of benzene rings is 1. The Morgan fingerprint density at radius 1 is 1.50 bits per heavy atom. The molecule has 22 heavy (non-hydrogen) atoms. The van der Waals surface area contributed by atoms with E-state index in [0.29, 0.717) is 18.4 Å². The van der Waals surface area contributed by atoms with Crippen molar-refractivity contribution in [2.45, 2.75) is 38.1 Å². The van der Waals surface area contributed by atoms with Gasteiger partial charge in [-0.3, -0.25) is 9.59 Å². The largest absolute Gasteiger partial charge is 0.480 e. The van der Waals surface area contributed by atoms with E-state index in [0.717, 1.165) is 6.07 Å². The molecule has 0 bridgehead atoms. The van der Waals surface area contributed by atoms with E-state index in [4.69, 9.17) is 5.11 Å². The predicted octanol–water partition coefficient (Wildman–Crippen LogP) is 1.62. The second-order valence-electron chi connectivity index (χ2n) is 5.22. The molecule has 1 aromatic carbocycles. The zero-order chi connectivity index (χ0) is 16.3. The van der Waals surface area contributed by atoms with Crippen LogP contribution in [0.1, 0.15) is 37.7 Å². The van der Waals surface area contributed by atoms with Crippen LogP contribution < -0.4 is 10.6 Å². The first-order valence-corrected chi connectivity index (χ1v) is 7.04. The highest BCUT2D eigenvalue weighted by Crippen LogP contribution is 2.32. The standard InChI is InChI=1S/C15H17FN2O4/c1-2-3-11(15(21)22)18-14(20)10-7-13(19)17-12-6-8(16)4-5-9(10)12/h4-6,10-11H,2-3,7H2,1H3,(H,17,19)(H,18,20)(H,21,22). The van der Waals surface area contributed by atoms with Gasteiger partial charge in [0.15, 0.2) is 0 Å². The highest BCUT2D eigenvalue weighted by atomic mass is 19.1. The molecule has 6 nitrogen and oxygen atoms in total. The quantitative estimate of drug-likeness (QED) is 0.770. The molecule has 2 amide bonds. The lowest BCUT2D eigenvalue weighted by atomic mass is 9.89. The predicted molar refractivity (Wildman–Crippen MR) is 76.9 cm³/mol. The molecule has 1 aliphatic rings. The molecule has 118 valence electrons. The molecule has 2 atom stereocenters. The lowest BCUT2D eigenvalue weighted by Crippen LogP contribution is -2.44. The van der Waals surface area contributed by atoms with Crippen LogP contribution in [0.4, 0.5) is 10.1 Å². The van der Waals surface area contributed by atoms with Crippen molar-refractivity contribution < 1.29 is 23.9 Å². The summed E-state index contributed by atoms with van der Waals surface area (Å²) in [5.41, 5.74) is 0.734. The molecule has 7 heteroatoms. The van der Waals surface area contributed by atoms with E-state index in [1.54, 1.807) is 0 Å². The van der Waals surface area contributed by atoms with Crippen molar-refractivity contribution >= 4 is 23.5 Å². The fourth-order valence-electron chi connectivity index (χ4n) is 2.49. The van der Waals surface area contributed by atoms with Crippen LogP contribution in [0, 0.1) is 5.82 Å². The second kappa shape index (κ2) is 6.55. The molecule has 3 N–H and O–H groups in total. The van der Waals surface area contributed by atoms with E-state index in [-0.39, 0.29) is 12.1 Å². The van der Waals surface area contributed by atoms with Gasteiger partial charge in [-0.05, 0) is 24.1 Å². The van der Waals surface area contributed by atoms with Gasteiger partial charge >= 0.3 is 5.97 Å². The Balaban J connectivity index is 2.23. The maximum atomic E-state index is 13.2. The van der Waals surface area contributed by atoms with Gasteiger partial charge in [0.25, 0.3) is 0 Å². The van der Waals surface area contributed by atoms with Crippen LogP contribution in [0.15, 0.2) is 18.2 Å². The number of halogens is 1. The first-order valence-electron chi connectivity index (χ1n) is 7.04. The van der Waals surface area contributed by atoms with Crippen molar-refractivity contribution in [2.75, 3.05) is 5.32 Å². The van der Waals surface area contributed by atoms with Crippen LogP contribution in [0.25, 0.3) is 0 Å². The van der Waals surface area contributed by atoms with E-state index < -0.39 is 35.6 Å². The lowest BCUT2D eigenvalue weighted by Gasteiger charge is -2.26. The number of hydrogen-bond donors (Lipinski definition) is 3.